The highest BCUT2D eigenvalue weighted by molar-refractivity contribution is 5.62. The molecule has 1 unspecified atom stereocenters. The Bertz CT molecular complexity index is 757. The van der Waals surface area contributed by atoms with Gasteiger partial charge in [0.1, 0.15) is 6.10 Å². The SMILES string of the molecule is C[C@H]([C@@H]1O[C@H]1C[C@H]1CO[C@@H](CC2(O)C=C(c3ccccc3)ON2)[C@H](O)[C@@H]1O)[C@H](C)O. The zero-order chi connectivity index (χ0) is 21.5. The van der Waals surface area contributed by atoms with Gasteiger partial charge in [-0.3, -0.25) is 0 Å². The van der Waals surface area contributed by atoms with Crippen LogP contribution in [0.15, 0.2) is 36.4 Å². The molecule has 0 radical (unpaired) electrons. The molecule has 0 saturated carbocycles. The van der Waals surface area contributed by atoms with E-state index in [0.29, 0.717) is 12.2 Å². The Kier molecular flexibility index (Phi) is 6.18. The lowest BCUT2D eigenvalue weighted by Crippen LogP contribution is -2.54. The molecule has 2 saturated heterocycles. The van der Waals surface area contributed by atoms with E-state index in [0.717, 1.165) is 5.56 Å². The average Bonchev–Trinajstić information content (AvgIpc) is 3.39. The van der Waals surface area contributed by atoms with Crippen LogP contribution in [-0.2, 0) is 14.3 Å². The maximum atomic E-state index is 10.8. The number of epoxide rings is 1. The zero-order valence-electron chi connectivity index (χ0n) is 17.2. The molecule has 5 N–H and O–H groups in total. The Morgan fingerprint density at radius 1 is 1.13 bits per heavy atom. The van der Waals surface area contributed by atoms with Crippen LogP contribution in [0.1, 0.15) is 32.3 Å². The number of hydrogen-bond donors (Lipinski definition) is 5. The maximum absolute atomic E-state index is 10.8. The van der Waals surface area contributed by atoms with E-state index in [1.54, 1.807) is 13.0 Å². The Balaban J connectivity index is 1.33. The molecule has 3 heterocycles. The van der Waals surface area contributed by atoms with Crippen molar-refractivity contribution in [2.75, 3.05) is 6.61 Å². The number of benzene rings is 1. The van der Waals surface area contributed by atoms with Gasteiger partial charge < -0.3 is 34.7 Å². The van der Waals surface area contributed by atoms with Crippen molar-refractivity contribution in [1.29, 1.82) is 0 Å². The minimum Gasteiger partial charge on any atom is -0.405 e. The van der Waals surface area contributed by atoms with Crippen LogP contribution >= 0.6 is 0 Å². The van der Waals surface area contributed by atoms with Crippen molar-refractivity contribution in [3.8, 4) is 0 Å². The van der Waals surface area contributed by atoms with E-state index in [1.807, 2.05) is 37.3 Å². The summed E-state index contributed by atoms with van der Waals surface area (Å²) in [5.74, 6) is 0.235. The standard InChI is InChI=1S/C22H31NO7/c1-12(13(2)24)21-16(29-21)8-15-11-28-18(20(26)19(15)25)10-22(27)9-17(30-23-22)14-6-4-3-5-7-14/h3-7,9,12-13,15-16,18-21,23-27H,8,10-11H2,1-2H3/t12-,13-,15-,16-,18-,19+,20-,21-,22?/m0/s1. The first kappa shape index (κ1) is 21.7. The fourth-order valence-corrected chi connectivity index (χ4v) is 4.28. The van der Waals surface area contributed by atoms with Gasteiger partial charge in [0.05, 0.1) is 37.1 Å². The topological polar surface area (TPSA) is 124 Å². The van der Waals surface area contributed by atoms with Gasteiger partial charge in [-0.05, 0) is 13.3 Å². The fourth-order valence-electron chi connectivity index (χ4n) is 4.28. The molecule has 2 fully saturated rings. The summed E-state index contributed by atoms with van der Waals surface area (Å²) in [6.07, 6.45) is -1.30. The second kappa shape index (κ2) is 8.55. The number of aliphatic hydroxyl groups is 4. The van der Waals surface area contributed by atoms with Gasteiger partial charge in [-0.1, -0.05) is 37.3 Å². The molecule has 0 aromatic heterocycles. The first-order valence-electron chi connectivity index (χ1n) is 10.5. The highest BCUT2D eigenvalue weighted by atomic mass is 16.7. The van der Waals surface area contributed by atoms with E-state index in [2.05, 4.69) is 5.48 Å². The van der Waals surface area contributed by atoms with Crippen molar-refractivity contribution in [2.45, 2.75) is 69.0 Å². The van der Waals surface area contributed by atoms with Crippen molar-refractivity contribution in [1.82, 2.24) is 5.48 Å². The molecule has 166 valence electrons. The third-order valence-corrected chi connectivity index (χ3v) is 6.45. The van der Waals surface area contributed by atoms with Gasteiger partial charge in [-0.25, -0.2) is 0 Å². The second-order valence-electron chi connectivity index (χ2n) is 8.79. The molecule has 0 bridgehead atoms. The summed E-state index contributed by atoms with van der Waals surface area (Å²) in [5, 5.41) is 41.7. The highest BCUT2D eigenvalue weighted by Crippen LogP contribution is 2.39. The van der Waals surface area contributed by atoms with Crippen molar-refractivity contribution in [3.63, 3.8) is 0 Å². The Labute approximate surface area is 176 Å². The van der Waals surface area contributed by atoms with Crippen LogP contribution in [-0.4, -0.2) is 69.4 Å². The van der Waals surface area contributed by atoms with Gasteiger partial charge in [0.15, 0.2) is 11.5 Å². The molecule has 3 aliphatic heterocycles. The van der Waals surface area contributed by atoms with Crippen LogP contribution < -0.4 is 5.48 Å². The van der Waals surface area contributed by atoms with Gasteiger partial charge >= 0.3 is 0 Å². The molecule has 0 spiro atoms. The van der Waals surface area contributed by atoms with E-state index in [1.165, 1.54) is 0 Å². The van der Waals surface area contributed by atoms with Crippen LogP contribution in [0.5, 0.6) is 0 Å². The van der Waals surface area contributed by atoms with Crippen molar-refractivity contribution in [2.24, 2.45) is 11.8 Å². The van der Waals surface area contributed by atoms with Crippen molar-refractivity contribution < 1.29 is 34.7 Å². The molecule has 30 heavy (non-hydrogen) atoms. The van der Waals surface area contributed by atoms with E-state index >= 15 is 0 Å². The summed E-state index contributed by atoms with van der Waals surface area (Å²) in [4.78, 5) is 5.42. The summed E-state index contributed by atoms with van der Waals surface area (Å²) < 4.78 is 11.5. The molecule has 1 aromatic carbocycles. The fraction of sp³-hybridized carbons (Fsp3) is 0.636. The number of ether oxygens (including phenoxy) is 2. The lowest BCUT2D eigenvalue weighted by molar-refractivity contribution is -0.186. The molecule has 9 atom stereocenters. The minimum atomic E-state index is -1.51. The number of nitrogens with one attached hydrogen (secondary N) is 1. The van der Waals surface area contributed by atoms with E-state index in [9.17, 15) is 20.4 Å². The van der Waals surface area contributed by atoms with Gasteiger partial charge in [0, 0.05) is 29.9 Å². The number of hydrogen-bond acceptors (Lipinski definition) is 8. The van der Waals surface area contributed by atoms with Crippen LogP contribution in [0, 0.1) is 11.8 Å². The predicted octanol–water partition coefficient (Wildman–Crippen LogP) is 0.552. The summed E-state index contributed by atoms with van der Waals surface area (Å²) >= 11 is 0. The molecule has 8 heteroatoms. The van der Waals surface area contributed by atoms with Gasteiger partial charge in [-0.15, -0.1) is 5.48 Å². The lowest BCUT2D eigenvalue weighted by atomic mass is 9.85. The predicted molar refractivity (Wildman–Crippen MR) is 108 cm³/mol. The van der Waals surface area contributed by atoms with Crippen LogP contribution in [0.25, 0.3) is 5.76 Å². The third kappa shape index (κ3) is 4.55. The normalized spacial score (nSPS) is 40.4. The summed E-state index contributed by atoms with van der Waals surface area (Å²) in [6, 6.07) is 9.37. The minimum absolute atomic E-state index is 0.0163. The monoisotopic (exact) mass is 421 g/mol. The van der Waals surface area contributed by atoms with E-state index in [-0.39, 0.29) is 37.1 Å². The average molecular weight is 421 g/mol. The summed E-state index contributed by atoms with van der Waals surface area (Å²) in [6.45, 7) is 3.92. The molecule has 8 nitrogen and oxygen atoms in total. The largest absolute Gasteiger partial charge is 0.405 e. The Morgan fingerprint density at radius 2 is 1.87 bits per heavy atom. The number of aliphatic hydroxyl groups excluding tert-OH is 3. The molecular formula is C22H31NO7. The Morgan fingerprint density at radius 3 is 2.57 bits per heavy atom. The van der Waals surface area contributed by atoms with Crippen LogP contribution in [0.3, 0.4) is 0 Å². The van der Waals surface area contributed by atoms with Gasteiger partial charge in [0.2, 0.25) is 0 Å². The lowest BCUT2D eigenvalue weighted by Gasteiger charge is -2.39. The first-order chi connectivity index (χ1) is 14.3. The number of hydroxylamine groups is 1. The van der Waals surface area contributed by atoms with E-state index < -0.39 is 30.1 Å². The molecule has 0 aliphatic carbocycles. The summed E-state index contributed by atoms with van der Waals surface area (Å²) in [5.41, 5.74) is 1.90. The molecule has 3 aliphatic rings. The number of rotatable bonds is 7. The first-order valence-corrected chi connectivity index (χ1v) is 10.5. The highest BCUT2D eigenvalue weighted by Gasteiger charge is 2.49. The maximum Gasteiger partial charge on any atom is 0.173 e. The third-order valence-electron chi connectivity index (χ3n) is 6.45. The molecule has 0 amide bonds. The Hall–Kier alpha value is -1.52. The molecule has 1 aromatic rings. The van der Waals surface area contributed by atoms with E-state index in [4.69, 9.17) is 14.3 Å². The van der Waals surface area contributed by atoms with Crippen LogP contribution in [0.2, 0.25) is 0 Å². The van der Waals surface area contributed by atoms with Crippen LogP contribution in [0.4, 0.5) is 0 Å². The second-order valence-corrected chi connectivity index (χ2v) is 8.79. The molecule has 4 rings (SSSR count). The smallest absolute Gasteiger partial charge is 0.173 e. The van der Waals surface area contributed by atoms with Gasteiger partial charge in [0.25, 0.3) is 0 Å². The zero-order valence-corrected chi connectivity index (χ0v) is 17.2. The summed E-state index contributed by atoms with van der Waals surface area (Å²) in [7, 11) is 0. The van der Waals surface area contributed by atoms with Crippen molar-refractivity contribution >= 4 is 5.76 Å². The quantitative estimate of drug-likeness (QED) is 0.405. The van der Waals surface area contributed by atoms with Crippen molar-refractivity contribution in [3.05, 3.63) is 42.0 Å². The molecular weight excluding hydrogens is 390 g/mol. The van der Waals surface area contributed by atoms with Gasteiger partial charge in [-0.2, -0.15) is 0 Å².